The normalized spacial score (nSPS) is 17.3. The number of aryl methyl sites for hydroxylation is 1. The monoisotopic (exact) mass is 219 g/mol. The number of likely N-dealkylation sites (N-methyl/N-ethyl adjacent to an activating group) is 1. The molecule has 0 unspecified atom stereocenters. The average Bonchev–Trinajstić information content (AvgIpc) is 2.29. The summed E-state index contributed by atoms with van der Waals surface area (Å²) in [7, 11) is 0. The molecule has 0 radical (unpaired) electrons. The van der Waals surface area contributed by atoms with Gasteiger partial charge in [-0.15, -0.1) is 0 Å². The Morgan fingerprint density at radius 3 is 2.75 bits per heavy atom. The molecule has 2 heteroatoms. The van der Waals surface area contributed by atoms with E-state index in [2.05, 4.69) is 17.9 Å². The molecule has 0 bridgehead atoms. The summed E-state index contributed by atoms with van der Waals surface area (Å²) in [5, 5.41) is 0. The molecule has 0 aliphatic carbocycles. The van der Waals surface area contributed by atoms with Gasteiger partial charge in [0.15, 0.2) is 0 Å². The maximum atomic E-state index is 13.0. The molecule has 0 atom stereocenters. The molecule has 0 aromatic heterocycles. The maximum absolute atomic E-state index is 13.0. The van der Waals surface area contributed by atoms with Gasteiger partial charge >= 0.3 is 0 Å². The van der Waals surface area contributed by atoms with Crippen LogP contribution >= 0.6 is 0 Å². The Kier molecular flexibility index (Phi) is 3.39. The van der Waals surface area contributed by atoms with Crippen LogP contribution in [0.3, 0.4) is 0 Å². The molecular formula is C14H18FN. The van der Waals surface area contributed by atoms with Crippen molar-refractivity contribution < 1.29 is 4.39 Å². The van der Waals surface area contributed by atoms with Gasteiger partial charge in [-0.25, -0.2) is 4.39 Å². The van der Waals surface area contributed by atoms with Crippen molar-refractivity contribution in [3.8, 4) is 0 Å². The lowest BCUT2D eigenvalue weighted by molar-refractivity contribution is 0.318. The van der Waals surface area contributed by atoms with E-state index in [1.165, 1.54) is 11.1 Å². The van der Waals surface area contributed by atoms with Gasteiger partial charge < -0.3 is 0 Å². The summed E-state index contributed by atoms with van der Waals surface area (Å²) in [6, 6.07) is 5.07. The van der Waals surface area contributed by atoms with Crippen LogP contribution in [0.25, 0.3) is 5.57 Å². The van der Waals surface area contributed by atoms with Crippen LogP contribution in [0.1, 0.15) is 24.5 Å². The number of hydrogen-bond acceptors (Lipinski definition) is 1. The van der Waals surface area contributed by atoms with Gasteiger partial charge in [0.1, 0.15) is 5.82 Å². The molecule has 1 aliphatic rings. The second-order valence-electron chi connectivity index (χ2n) is 4.33. The number of hydrogen-bond donors (Lipinski definition) is 0. The Hall–Kier alpha value is -1.15. The van der Waals surface area contributed by atoms with E-state index in [9.17, 15) is 4.39 Å². The smallest absolute Gasteiger partial charge is 0.123 e. The van der Waals surface area contributed by atoms with Crippen molar-refractivity contribution >= 4 is 5.57 Å². The summed E-state index contributed by atoms with van der Waals surface area (Å²) in [6.45, 7) is 7.39. The summed E-state index contributed by atoms with van der Waals surface area (Å²) >= 11 is 0. The third kappa shape index (κ3) is 2.33. The maximum Gasteiger partial charge on any atom is 0.123 e. The van der Waals surface area contributed by atoms with Gasteiger partial charge in [0.05, 0.1) is 0 Å². The number of halogens is 1. The number of nitrogens with zero attached hydrogens (tertiary/aromatic N) is 1. The molecule has 0 amide bonds. The summed E-state index contributed by atoms with van der Waals surface area (Å²) in [6.07, 6.45) is 3.34. The van der Waals surface area contributed by atoms with E-state index in [0.717, 1.165) is 31.6 Å². The topological polar surface area (TPSA) is 3.24 Å². The second kappa shape index (κ2) is 4.79. The quantitative estimate of drug-likeness (QED) is 0.738. The lowest BCUT2D eigenvalue weighted by Crippen LogP contribution is -2.28. The van der Waals surface area contributed by atoms with Crippen molar-refractivity contribution in [1.29, 1.82) is 0 Å². The zero-order valence-electron chi connectivity index (χ0n) is 9.96. The summed E-state index contributed by atoms with van der Waals surface area (Å²) in [5.41, 5.74) is 3.61. The van der Waals surface area contributed by atoms with Gasteiger partial charge in [0.2, 0.25) is 0 Å². The standard InChI is InChI=1S/C14H18FN/c1-3-16-8-6-12(7-9-16)14-5-4-13(15)10-11(14)2/h4-6,10H,3,7-9H2,1-2H3. The zero-order chi connectivity index (χ0) is 11.5. The van der Waals surface area contributed by atoms with Gasteiger partial charge in [-0.3, -0.25) is 4.90 Å². The SMILES string of the molecule is CCN1CC=C(c2ccc(F)cc2C)CC1. The van der Waals surface area contributed by atoms with Gasteiger partial charge in [-0.05, 0) is 48.7 Å². The Morgan fingerprint density at radius 2 is 2.19 bits per heavy atom. The molecule has 0 fully saturated rings. The fourth-order valence-electron chi connectivity index (χ4n) is 2.23. The third-order valence-corrected chi connectivity index (χ3v) is 3.27. The molecule has 16 heavy (non-hydrogen) atoms. The molecule has 1 aromatic rings. The molecule has 0 saturated carbocycles. The van der Waals surface area contributed by atoms with Crippen molar-refractivity contribution in [2.45, 2.75) is 20.3 Å². The van der Waals surface area contributed by atoms with E-state index in [1.54, 1.807) is 12.1 Å². The average molecular weight is 219 g/mol. The lowest BCUT2D eigenvalue weighted by atomic mass is 9.95. The first-order chi connectivity index (χ1) is 7.70. The fraction of sp³-hybridized carbons (Fsp3) is 0.429. The minimum absolute atomic E-state index is 0.146. The molecule has 86 valence electrons. The molecule has 0 N–H and O–H groups in total. The Balaban J connectivity index is 2.22. The summed E-state index contributed by atoms with van der Waals surface area (Å²) in [5.74, 6) is -0.146. The van der Waals surface area contributed by atoms with E-state index >= 15 is 0 Å². The van der Waals surface area contributed by atoms with Crippen molar-refractivity contribution in [2.24, 2.45) is 0 Å². The van der Waals surface area contributed by atoms with E-state index in [-0.39, 0.29) is 5.82 Å². The Morgan fingerprint density at radius 1 is 1.38 bits per heavy atom. The van der Waals surface area contributed by atoms with Crippen LogP contribution in [0.5, 0.6) is 0 Å². The van der Waals surface area contributed by atoms with E-state index in [0.29, 0.717) is 0 Å². The third-order valence-electron chi connectivity index (χ3n) is 3.27. The fourth-order valence-corrected chi connectivity index (χ4v) is 2.23. The van der Waals surface area contributed by atoms with Crippen LogP contribution in [0.2, 0.25) is 0 Å². The lowest BCUT2D eigenvalue weighted by Gasteiger charge is -2.25. The predicted octanol–water partition coefficient (Wildman–Crippen LogP) is 3.24. The van der Waals surface area contributed by atoms with Crippen LogP contribution in [0.15, 0.2) is 24.3 Å². The highest BCUT2D eigenvalue weighted by Crippen LogP contribution is 2.25. The predicted molar refractivity (Wildman–Crippen MR) is 65.8 cm³/mol. The molecule has 2 rings (SSSR count). The summed E-state index contributed by atoms with van der Waals surface area (Å²) < 4.78 is 13.0. The minimum atomic E-state index is -0.146. The zero-order valence-corrected chi connectivity index (χ0v) is 9.96. The summed E-state index contributed by atoms with van der Waals surface area (Å²) in [4.78, 5) is 2.41. The van der Waals surface area contributed by atoms with Gasteiger partial charge in [-0.2, -0.15) is 0 Å². The molecule has 1 aromatic carbocycles. The largest absolute Gasteiger partial charge is 0.300 e. The van der Waals surface area contributed by atoms with Gasteiger partial charge in [-0.1, -0.05) is 19.1 Å². The molecule has 1 aliphatic heterocycles. The first-order valence-corrected chi connectivity index (χ1v) is 5.88. The first-order valence-electron chi connectivity index (χ1n) is 5.88. The second-order valence-corrected chi connectivity index (χ2v) is 4.33. The van der Waals surface area contributed by atoms with Crippen molar-refractivity contribution in [2.75, 3.05) is 19.6 Å². The molecule has 0 spiro atoms. The molecular weight excluding hydrogens is 201 g/mol. The van der Waals surface area contributed by atoms with Crippen molar-refractivity contribution in [3.05, 3.63) is 41.2 Å². The van der Waals surface area contributed by atoms with E-state index in [4.69, 9.17) is 0 Å². The highest BCUT2D eigenvalue weighted by atomic mass is 19.1. The van der Waals surface area contributed by atoms with E-state index < -0.39 is 0 Å². The highest BCUT2D eigenvalue weighted by Gasteiger charge is 2.12. The first kappa shape index (κ1) is 11.3. The molecule has 1 heterocycles. The van der Waals surface area contributed by atoms with Crippen molar-refractivity contribution in [3.63, 3.8) is 0 Å². The van der Waals surface area contributed by atoms with Crippen LogP contribution in [0, 0.1) is 12.7 Å². The Bertz CT molecular complexity index is 409. The molecule has 0 saturated heterocycles. The number of benzene rings is 1. The van der Waals surface area contributed by atoms with Crippen LogP contribution in [0.4, 0.5) is 4.39 Å². The minimum Gasteiger partial charge on any atom is -0.300 e. The van der Waals surface area contributed by atoms with Gasteiger partial charge in [0, 0.05) is 13.1 Å². The van der Waals surface area contributed by atoms with Crippen LogP contribution < -0.4 is 0 Å². The van der Waals surface area contributed by atoms with Crippen LogP contribution in [-0.2, 0) is 0 Å². The number of rotatable bonds is 2. The van der Waals surface area contributed by atoms with E-state index in [1.807, 2.05) is 13.0 Å². The Labute approximate surface area is 96.6 Å². The van der Waals surface area contributed by atoms with Crippen molar-refractivity contribution in [1.82, 2.24) is 4.90 Å². The van der Waals surface area contributed by atoms with Crippen LogP contribution in [-0.4, -0.2) is 24.5 Å². The molecule has 1 nitrogen and oxygen atoms in total. The highest BCUT2D eigenvalue weighted by molar-refractivity contribution is 5.69. The van der Waals surface area contributed by atoms with Gasteiger partial charge in [0.25, 0.3) is 0 Å².